The number of hydrogen-bond acceptors (Lipinski definition) is 3. The highest BCUT2D eigenvalue weighted by Gasteiger charge is 2.25. The molecule has 0 bridgehead atoms. The van der Waals surface area contributed by atoms with Gasteiger partial charge in [-0.15, -0.1) is 0 Å². The van der Waals surface area contributed by atoms with Crippen LogP contribution in [-0.2, 0) is 4.79 Å². The number of thioether (sulfide) groups is 1. The lowest BCUT2D eigenvalue weighted by atomic mass is 10.2. The first-order chi connectivity index (χ1) is 5.53. The summed E-state index contributed by atoms with van der Waals surface area (Å²) in [4.78, 5) is 13.2. The van der Waals surface area contributed by atoms with E-state index in [-0.39, 0.29) is 4.75 Å². The third kappa shape index (κ3) is 2.79. The van der Waals surface area contributed by atoms with Crippen molar-refractivity contribution < 1.29 is 4.79 Å². The van der Waals surface area contributed by atoms with Gasteiger partial charge in [0.1, 0.15) is 5.78 Å². The molecule has 1 fully saturated rings. The van der Waals surface area contributed by atoms with Gasteiger partial charge >= 0.3 is 0 Å². The summed E-state index contributed by atoms with van der Waals surface area (Å²) >= 11 is 1.86. The van der Waals surface area contributed by atoms with E-state index in [0.29, 0.717) is 12.3 Å². The van der Waals surface area contributed by atoms with Gasteiger partial charge in [-0.25, -0.2) is 0 Å². The van der Waals surface area contributed by atoms with Crippen molar-refractivity contribution in [2.45, 2.75) is 25.0 Å². The van der Waals surface area contributed by atoms with Crippen LogP contribution in [0.15, 0.2) is 0 Å². The van der Waals surface area contributed by atoms with Crippen molar-refractivity contribution in [3.05, 3.63) is 0 Å². The molecule has 0 atom stereocenters. The zero-order chi connectivity index (χ0) is 9.19. The maximum atomic E-state index is 11.0. The van der Waals surface area contributed by atoms with E-state index in [0.717, 1.165) is 19.5 Å². The van der Waals surface area contributed by atoms with Gasteiger partial charge < -0.3 is 0 Å². The van der Waals surface area contributed by atoms with Gasteiger partial charge in [0.25, 0.3) is 0 Å². The van der Waals surface area contributed by atoms with Crippen LogP contribution < -0.4 is 0 Å². The molecular weight excluding hydrogens is 170 g/mol. The fourth-order valence-corrected chi connectivity index (χ4v) is 1.74. The van der Waals surface area contributed by atoms with E-state index in [4.69, 9.17) is 0 Å². The summed E-state index contributed by atoms with van der Waals surface area (Å²) in [5.41, 5.74) is 0. The lowest BCUT2D eigenvalue weighted by Gasteiger charge is -2.27. The lowest BCUT2D eigenvalue weighted by Crippen LogP contribution is -2.35. The fraction of sp³-hybridized carbons (Fsp3) is 0.889. The third-order valence-corrected chi connectivity index (χ3v) is 3.50. The average molecular weight is 187 g/mol. The van der Waals surface area contributed by atoms with Crippen molar-refractivity contribution in [1.82, 2.24) is 4.90 Å². The summed E-state index contributed by atoms with van der Waals surface area (Å²) in [6.07, 6.45) is 2.88. The van der Waals surface area contributed by atoms with Crippen LogP contribution in [0.25, 0.3) is 0 Å². The van der Waals surface area contributed by atoms with Crippen molar-refractivity contribution in [3.63, 3.8) is 0 Å². The molecule has 0 amide bonds. The Labute approximate surface area is 78.7 Å². The van der Waals surface area contributed by atoms with E-state index in [1.165, 1.54) is 0 Å². The molecule has 0 radical (unpaired) electrons. The van der Waals surface area contributed by atoms with Gasteiger partial charge in [-0.2, -0.15) is 11.8 Å². The normalized spacial score (nSPS) is 20.4. The zero-order valence-corrected chi connectivity index (χ0v) is 8.91. The van der Waals surface area contributed by atoms with Gasteiger partial charge in [0.15, 0.2) is 0 Å². The molecule has 0 aromatic rings. The predicted octanol–water partition coefficient (Wildman–Crippen LogP) is 1.40. The van der Waals surface area contributed by atoms with Gasteiger partial charge in [-0.1, -0.05) is 0 Å². The molecule has 3 heteroatoms. The van der Waals surface area contributed by atoms with Crippen molar-refractivity contribution in [1.29, 1.82) is 0 Å². The Bertz CT molecular complexity index is 179. The van der Waals surface area contributed by atoms with Crippen LogP contribution in [0.2, 0.25) is 0 Å². The Morgan fingerprint density at radius 3 is 2.67 bits per heavy atom. The summed E-state index contributed by atoms with van der Waals surface area (Å²) in [5.74, 6) is 0.395. The highest BCUT2D eigenvalue weighted by Crippen LogP contribution is 2.23. The quantitative estimate of drug-likeness (QED) is 0.666. The number of carbonyl (C=O) groups excluding carboxylic acids is 1. The number of rotatable bonds is 3. The second-order valence-corrected chi connectivity index (χ2v) is 5.48. The number of Topliss-reactive ketones (excluding diaryl/α,β-unsaturated/α-hetero) is 1. The summed E-state index contributed by atoms with van der Waals surface area (Å²) in [6, 6.07) is 0. The van der Waals surface area contributed by atoms with E-state index in [2.05, 4.69) is 25.0 Å². The predicted molar refractivity (Wildman–Crippen MR) is 53.7 cm³/mol. The lowest BCUT2D eigenvalue weighted by molar-refractivity contribution is -0.116. The summed E-state index contributed by atoms with van der Waals surface area (Å²) in [7, 11) is 0. The third-order valence-electron chi connectivity index (χ3n) is 2.26. The Morgan fingerprint density at radius 2 is 2.25 bits per heavy atom. The molecule has 0 N–H and O–H groups in total. The molecule has 12 heavy (non-hydrogen) atoms. The topological polar surface area (TPSA) is 20.3 Å². The molecule has 1 heterocycles. The monoisotopic (exact) mass is 187 g/mol. The minimum absolute atomic E-state index is 0.282. The number of likely N-dealkylation sites (tertiary alicyclic amines) is 1. The maximum Gasteiger partial charge on any atom is 0.148 e. The van der Waals surface area contributed by atoms with Crippen LogP contribution in [0.1, 0.15) is 20.3 Å². The minimum Gasteiger partial charge on any atom is -0.298 e. The molecule has 2 nitrogen and oxygen atoms in total. The molecule has 0 saturated carbocycles. The van der Waals surface area contributed by atoms with Gasteiger partial charge in [-0.3, -0.25) is 9.69 Å². The van der Waals surface area contributed by atoms with E-state index in [9.17, 15) is 4.79 Å². The van der Waals surface area contributed by atoms with Crippen molar-refractivity contribution in [2.24, 2.45) is 0 Å². The SMILES string of the molecule is CSC(C)(C)CN1CCC(=O)C1. The molecule has 0 aromatic carbocycles. The number of ketones is 1. The molecule has 1 aliphatic heterocycles. The Hall–Kier alpha value is -0.0200. The van der Waals surface area contributed by atoms with Crippen molar-refractivity contribution in [3.8, 4) is 0 Å². The number of hydrogen-bond donors (Lipinski definition) is 0. The second kappa shape index (κ2) is 3.79. The van der Waals surface area contributed by atoms with Gasteiger partial charge in [0, 0.05) is 24.3 Å². The molecular formula is C9H17NOS. The minimum atomic E-state index is 0.282. The first-order valence-electron chi connectivity index (χ1n) is 4.33. The molecule has 0 unspecified atom stereocenters. The highest BCUT2D eigenvalue weighted by molar-refractivity contribution is 7.99. The summed E-state index contributed by atoms with van der Waals surface area (Å²) in [6.45, 7) is 7.10. The number of nitrogens with zero attached hydrogens (tertiary/aromatic N) is 1. The Morgan fingerprint density at radius 1 is 1.58 bits per heavy atom. The zero-order valence-electron chi connectivity index (χ0n) is 8.09. The van der Waals surface area contributed by atoms with E-state index < -0.39 is 0 Å². The van der Waals surface area contributed by atoms with Crippen LogP contribution in [-0.4, -0.2) is 41.3 Å². The molecule has 0 aromatic heterocycles. The van der Waals surface area contributed by atoms with Crippen molar-refractivity contribution >= 4 is 17.5 Å². The average Bonchev–Trinajstić information content (AvgIpc) is 2.35. The van der Waals surface area contributed by atoms with Gasteiger partial charge in [0.2, 0.25) is 0 Å². The van der Waals surface area contributed by atoms with E-state index in [1.807, 2.05) is 11.8 Å². The van der Waals surface area contributed by atoms with E-state index in [1.54, 1.807) is 0 Å². The fourth-order valence-electron chi connectivity index (χ4n) is 1.43. The standard InChI is InChI=1S/C9H17NOS/c1-9(2,12-3)7-10-5-4-8(11)6-10/h4-7H2,1-3H3. The summed E-state index contributed by atoms with van der Waals surface area (Å²) in [5, 5.41) is 0. The van der Waals surface area contributed by atoms with Crippen LogP contribution in [0, 0.1) is 0 Å². The molecule has 1 aliphatic rings. The summed E-state index contributed by atoms with van der Waals surface area (Å²) < 4.78 is 0.282. The molecule has 0 aliphatic carbocycles. The Balaban J connectivity index is 2.36. The molecule has 70 valence electrons. The second-order valence-electron chi connectivity index (χ2n) is 3.96. The van der Waals surface area contributed by atoms with Crippen LogP contribution in [0.3, 0.4) is 0 Å². The van der Waals surface area contributed by atoms with Crippen LogP contribution in [0.4, 0.5) is 0 Å². The van der Waals surface area contributed by atoms with Gasteiger partial charge in [0.05, 0.1) is 6.54 Å². The van der Waals surface area contributed by atoms with Crippen LogP contribution >= 0.6 is 11.8 Å². The smallest absolute Gasteiger partial charge is 0.148 e. The van der Waals surface area contributed by atoms with Crippen molar-refractivity contribution in [2.75, 3.05) is 25.9 Å². The molecule has 1 saturated heterocycles. The largest absolute Gasteiger partial charge is 0.298 e. The number of carbonyl (C=O) groups is 1. The first kappa shape index (κ1) is 10.1. The first-order valence-corrected chi connectivity index (χ1v) is 5.55. The van der Waals surface area contributed by atoms with Gasteiger partial charge in [-0.05, 0) is 20.1 Å². The Kier molecular flexibility index (Phi) is 3.18. The highest BCUT2D eigenvalue weighted by atomic mass is 32.2. The molecule has 0 spiro atoms. The molecule has 1 rings (SSSR count). The maximum absolute atomic E-state index is 11.0. The van der Waals surface area contributed by atoms with Crippen LogP contribution in [0.5, 0.6) is 0 Å². The van der Waals surface area contributed by atoms with E-state index >= 15 is 0 Å².